The van der Waals surface area contributed by atoms with E-state index in [2.05, 4.69) is 0 Å². The van der Waals surface area contributed by atoms with Crippen molar-refractivity contribution in [3.05, 3.63) is 0 Å². The molecule has 0 spiro atoms. The van der Waals surface area contributed by atoms with Crippen molar-refractivity contribution in [3.63, 3.8) is 0 Å². The van der Waals surface area contributed by atoms with Gasteiger partial charge in [-0.2, -0.15) is 0 Å². The maximum Gasteiger partial charge on any atom is 0.410 e. The van der Waals surface area contributed by atoms with Gasteiger partial charge in [-0.1, -0.05) is 0 Å². The van der Waals surface area contributed by atoms with Crippen molar-refractivity contribution in [1.29, 1.82) is 0 Å². The minimum absolute atomic E-state index is 0.228. The van der Waals surface area contributed by atoms with E-state index in [1.165, 1.54) is 4.90 Å². The van der Waals surface area contributed by atoms with Gasteiger partial charge >= 0.3 is 6.09 Å². The van der Waals surface area contributed by atoms with Crippen LogP contribution in [0.1, 0.15) is 34.6 Å². The highest BCUT2D eigenvalue weighted by molar-refractivity contribution is 5.67. The number of carbonyl (C=O) groups is 1. The topological polar surface area (TPSA) is 131 Å². The number of hydrogen-bond acceptors (Lipinski definition) is 13. The van der Waals surface area contributed by atoms with Crippen LogP contribution < -0.4 is 0 Å². The molecule has 0 aliphatic heterocycles. The summed E-state index contributed by atoms with van der Waals surface area (Å²) >= 11 is 0. The normalized spacial score (nSPS) is 11.9. The molecule has 0 rings (SSSR count). The summed E-state index contributed by atoms with van der Waals surface area (Å²) in [6, 6.07) is 0. The van der Waals surface area contributed by atoms with Gasteiger partial charge in [0.25, 0.3) is 0 Å². The average molecular weight is 658 g/mol. The summed E-state index contributed by atoms with van der Waals surface area (Å²) in [5.74, 6) is 0. The van der Waals surface area contributed by atoms with Crippen LogP contribution in [-0.4, -0.2) is 175 Å². The van der Waals surface area contributed by atoms with E-state index >= 15 is 0 Å². The predicted octanol–water partition coefficient (Wildman–Crippen LogP) is 2.44. The fourth-order valence-electron chi connectivity index (χ4n) is 3.06. The molecule has 0 radical (unpaired) electrons. The van der Waals surface area contributed by atoms with Gasteiger partial charge in [0, 0.05) is 13.6 Å². The molecule has 1 amide bonds. The number of likely N-dealkylation sites (N-methyl/N-ethyl adjacent to an activating group) is 1. The van der Waals surface area contributed by atoms with E-state index in [0.29, 0.717) is 145 Å². The Kier molecular flexibility index (Phi) is 31.9. The Morgan fingerprint density at radius 1 is 0.467 bits per heavy atom. The van der Waals surface area contributed by atoms with Crippen LogP contribution in [0.5, 0.6) is 0 Å². The molecule has 0 saturated carbocycles. The first kappa shape index (κ1) is 43.8. The highest BCUT2D eigenvalue weighted by atomic mass is 16.6. The first-order chi connectivity index (χ1) is 21.7. The molecule has 0 heterocycles. The van der Waals surface area contributed by atoms with Crippen molar-refractivity contribution < 1.29 is 61.6 Å². The number of ether oxygens (including phenoxy) is 12. The third-order valence-electron chi connectivity index (χ3n) is 5.30. The molecule has 0 aliphatic rings. The second-order valence-electron chi connectivity index (χ2n) is 10.9. The van der Waals surface area contributed by atoms with Crippen molar-refractivity contribution in [2.45, 2.75) is 46.3 Å². The molecule has 0 N–H and O–H groups in total. The zero-order valence-corrected chi connectivity index (χ0v) is 28.9. The van der Waals surface area contributed by atoms with Gasteiger partial charge in [0.2, 0.25) is 0 Å². The summed E-state index contributed by atoms with van der Waals surface area (Å²) in [4.78, 5) is 13.3. The van der Waals surface area contributed by atoms with Crippen molar-refractivity contribution in [2.24, 2.45) is 0 Å². The summed E-state index contributed by atoms with van der Waals surface area (Å²) in [7, 11) is 1.68. The summed E-state index contributed by atoms with van der Waals surface area (Å²) in [6.45, 7) is 20.6. The van der Waals surface area contributed by atoms with Crippen molar-refractivity contribution in [3.8, 4) is 0 Å². The van der Waals surface area contributed by atoms with Crippen LogP contribution in [0.15, 0.2) is 0 Å². The smallest absolute Gasteiger partial charge is 0.410 e. The highest BCUT2D eigenvalue weighted by Gasteiger charge is 2.19. The minimum atomic E-state index is -0.508. The van der Waals surface area contributed by atoms with E-state index in [1.54, 1.807) is 7.05 Å². The quantitative estimate of drug-likeness (QED) is 0.0940. The molecule has 0 aromatic carbocycles. The fourth-order valence-corrected chi connectivity index (χ4v) is 3.06. The number of hydrogen-bond donors (Lipinski definition) is 0. The maximum atomic E-state index is 11.8. The first-order valence-corrected chi connectivity index (χ1v) is 16.1. The monoisotopic (exact) mass is 657 g/mol. The largest absolute Gasteiger partial charge is 0.444 e. The van der Waals surface area contributed by atoms with Gasteiger partial charge in [0.15, 0.2) is 0 Å². The standard InChI is InChI=1S/C31H63NO13/c1-29(2)44-28-27-43-26-25-42-24-23-41-22-21-40-20-19-39-18-17-38-16-15-37-14-13-36-12-11-35-10-9-34-8-7-32(6)30(33)45-31(3,4)5/h29H,7-28H2,1-6H3. The average Bonchev–Trinajstić information content (AvgIpc) is 2.98. The van der Waals surface area contributed by atoms with Crippen LogP contribution in [0.2, 0.25) is 0 Å². The number of amides is 1. The van der Waals surface area contributed by atoms with Crippen LogP contribution in [0.3, 0.4) is 0 Å². The number of rotatable bonds is 34. The Hall–Kier alpha value is -1.17. The third kappa shape index (κ3) is 37.2. The lowest BCUT2D eigenvalue weighted by molar-refractivity contribution is -0.0288. The molecule has 0 bridgehead atoms. The second kappa shape index (κ2) is 32.8. The number of carbonyl (C=O) groups excluding carboxylic acids is 1. The summed E-state index contributed by atoms with van der Waals surface area (Å²) < 4.78 is 65.3. The van der Waals surface area contributed by atoms with Crippen molar-refractivity contribution in [1.82, 2.24) is 4.90 Å². The lowest BCUT2D eigenvalue weighted by Crippen LogP contribution is -2.36. The van der Waals surface area contributed by atoms with Crippen LogP contribution in [0.4, 0.5) is 4.79 Å². The lowest BCUT2D eigenvalue weighted by atomic mass is 10.2. The molecule has 0 fully saturated rings. The summed E-state index contributed by atoms with van der Waals surface area (Å²) in [5.41, 5.74) is -0.508. The van der Waals surface area contributed by atoms with E-state index in [9.17, 15) is 4.79 Å². The van der Waals surface area contributed by atoms with Crippen LogP contribution in [0.25, 0.3) is 0 Å². The molecule has 0 saturated heterocycles. The minimum Gasteiger partial charge on any atom is -0.444 e. The van der Waals surface area contributed by atoms with E-state index in [0.717, 1.165) is 0 Å². The Morgan fingerprint density at radius 3 is 0.956 bits per heavy atom. The maximum absolute atomic E-state index is 11.8. The molecule has 0 aromatic rings. The van der Waals surface area contributed by atoms with Crippen LogP contribution in [-0.2, 0) is 56.8 Å². The van der Waals surface area contributed by atoms with Crippen LogP contribution >= 0.6 is 0 Å². The second-order valence-corrected chi connectivity index (χ2v) is 10.9. The SMILES string of the molecule is CC(C)OCCOCCOCCOCCOCCOCCOCCOCCOCCOCCOCCN(C)C(=O)OC(C)(C)C. The molecule has 0 aromatic heterocycles. The predicted molar refractivity (Wildman–Crippen MR) is 168 cm³/mol. The van der Waals surface area contributed by atoms with E-state index in [4.69, 9.17) is 56.8 Å². The Morgan fingerprint density at radius 2 is 0.711 bits per heavy atom. The molecule has 14 nitrogen and oxygen atoms in total. The molecule has 14 heteroatoms. The third-order valence-corrected chi connectivity index (χ3v) is 5.30. The zero-order valence-electron chi connectivity index (χ0n) is 28.9. The molecule has 0 atom stereocenters. The Labute approximate surface area is 271 Å². The van der Waals surface area contributed by atoms with Gasteiger partial charge in [-0.25, -0.2) is 4.79 Å². The summed E-state index contributed by atoms with van der Waals surface area (Å²) in [6.07, 6.45) is -0.135. The Balaban J connectivity index is 3.15. The fraction of sp³-hybridized carbons (Fsp3) is 0.968. The number of nitrogens with zero attached hydrogens (tertiary/aromatic N) is 1. The van der Waals surface area contributed by atoms with Crippen molar-refractivity contribution >= 4 is 6.09 Å². The highest BCUT2D eigenvalue weighted by Crippen LogP contribution is 2.08. The van der Waals surface area contributed by atoms with Gasteiger partial charge in [-0.3, -0.25) is 0 Å². The zero-order chi connectivity index (χ0) is 33.3. The van der Waals surface area contributed by atoms with Gasteiger partial charge in [-0.05, 0) is 34.6 Å². The molecular formula is C31H63NO13. The van der Waals surface area contributed by atoms with E-state index in [1.807, 2.05) is 34.6 Å². The van der Waals surface area contributed by atoms with Gasteiger partial charge in [0.05, 0.1) is 145 Å². The van der Waals surface area contributed by atoms with Gasteiger partial charge < -0.3 is 61.7 Å². The van der Waals surface area contributed by atoms with Gasteiger partial charge in [-0.15, -0.1) is 0 Å². The molecule has 0 unspecified atom stereocenters. The van der Waals surface area contributed by atoms with E-state index < -0.39 is 5.60 Å². The molecule has 270 valence electrons. The van der Waals surface area contributed by atoms with E-state index in [-0.39, 0.29) is 12.2 Å². The molecular weight excluding hydrogens is 594 g/mol. The first-order valence-electron chi connectivity index (χ1n) is 16.1. The molecule has 0 aliphatic carbocycles. The summed E-state index contributed by atoms with van der Waals surface area (Å²) in [5, 5.41) is 0. The Bertz CT molecular complexity index is 623. The molecule has 45 heavy (non-hydrogen) atoms. The van der Waals surface area contributed by atoms with Gasteiger partial charge in [0.1, 0.15) is 5.60 Å². The van der Waals surface area contributed by atoms with Crippen LogP contribution in [0, 0.1) is 0 Å². The lowest BCUT2D eigenvalue weighted by Gasteiger charge is -2.24. The van der Waals surface area contributed by atoms with Crippen molar-refractivity contribution in [2.75, 3.05) is 152 Å².